The average molecular weight is 677 g/mol. The molecule has 0 aliphatic carbocycles. The number of hydrogen-bond acceptors (Lipinski definition) is 7. The van der Waals surface area contributed by atoms with Gasteiger partial charge in [0, 0.05) is 29.2 Å². The molecular weight excluding hydrogens is 630 g/mol. The van der Waals surface area contributed by atoms with Gasteiger partial charge in [-0.05, 0) is 79.5 Å². The summed E-state index contributed by atoms with van der Waals surface area (Å²) in [6.07, 6.45) is 9.86. The first-order valence-electron chi connectivity index (χ1n) is 17.0. The molecule has 9 heteroatoms. The summed E-state index contributed by atoms with van der Waals surface area (Å²) in [6, 6.07) is 17.0. The van der Waals surface area contributed by atoms with E-state index in [0.29, 0.717) is 55.3 Å². The Hall–Kier alpha value is -4.34. The van der Waals surface area contributed by atoms with Crippen molar-refractivity contribution in [2.24, 2.45) is 5.92 Å². The molecule has 0 radical (unpaired) electrons. The van der Waals surface area contributed by atoms with Gasteiger partial charge in [-0.1, -0.05) is 68.8 Å². The minimum Gasteiger partial charge on any atom is -0.494 e. The lowest BCUT2D eigenvalue weighted by Gasteiger charge is -2.30. The molecule has 0 amide bonds. The highest BCUT2D eigenvalue weighted by Crippen LogP contribution is 2.33. The zero-order chi connectivity index (χ0) is 34.8. The van der Waals surface area contributed by atoms with Gasteiger partial charge < -0.3 is 23.7 Å². The van der Waals surface area contributed by atoms with E-state index in [9.17, 15) is 9.59 Å². The second kappa shape index (κ2) is 20.2. The Morgan fingerprint density at radius 3 is 1.82 bits per heavy atom. The van der Waals surface area contributed by atoms with E-state index in [2.05, 4.69) is 13.2 Å². The van der Waals surface area contributed by atoms with Gasteiger partial charge in [0.1, 0.15) is 17.4 Å². The van der Waals surface area contributed by atoms with E-state index >= 15 is 8.78 Å². The van der Waals surface area contributed by atoms with Crippen molar-refractivity contribution in [1.29, 1.82) is 0 Å². The van der Waals surface area contributed by atoms with E-state index in [4.69, 9.17) is 23.7 Å². The van der Waals surface area contributed by atoms with Crippen LogP contribution in [-0.4, -0.2) is 45.0 Å². The molecule has 49 heavy (non-hydrogen) atoms. The Morgan fingerprint density at radius 1 is 0.673 bits per heavy atom. The predicted octanol–water partition coefficient (Wildman–Crippen LogP) is 9.31. The van der Waals surface area contributed by atoms with Gasteiger partial charge in [-0.25, -0.2) is 18.4 Å². The Kier molecular flexibility index (Phi) is 15.5. The van der Waals surface area contributed by atoms with Crippen molar-refractivity contribution >= 4 is 11.9 Å². The van der Waals surface area contributed by atoms with Crippen LogP contribution in [0.15, 0.2) is 86.0 Å². The van der Waals surface area contributed by atoms with Gasteiger partial charge in [0.25, 0.3) is 0 Å². The molecule has 262 valence electrons. The standard InChI is InChI=1S/C40H46F2O7/c1-3-38(43)46-23-11-6-5-9-13-29-27-48-40(49-28-29)35-21-17-32(26-37(35)42)34-20-16-31(25-36(34)41)30-14-18-33(19-15-30)45-22-10-7-8-12-24-47-39(44)4-2/h3-4,14-21,25-26,29,40H,1-2,5-13,22-24,27-28H2. The van der Waals surface area contributed by atoms with Gasteiger partial charge in [-0.2, -0.15) is 0 Å². The maximum atomic E-state index is 15.3. The fourth-order valence-corrected chi connectivity index (χ4v) is 5.55. The minimum absolute atomic E-state index is 0.234. The van der Waals surface area contributed by atoms with Crippen molar-refractivity contribution in [2.45, 2.75) is 64.1 Å². The van der Waals surface area contributed by atoms with Crippen molar-refractivity contribution in [3.63, 3.8) is 0 Å². The molecule has 1 aliphatic heterocycles. The molecule has 0 saturated carbocycles. The van der Waals surface area contributed by atoms with E-state index in [0.717, 1.165) is 81.3 Å². The third kappa shape index (κ3) is 12.2. The van der Waals surface area contributed by atoms with Crippen LogP contribution in [0.3, 0.4) is 0 Å². The van der Waals surface area contributed by atoms with Crippen molar-refractivity contribution in [3.05, 3.63) is 103 Å². The fourth-order valence-electron chi connectivity index (χ4n) is 5.55. The minimum atomic E-state index is -0.801. The number of hydrogen-bond donors (Lipinski definition) is 0. The number of carbonyl (C=O) groups is 2. The first kappa shape index (κ1) is 37.5. The topological polar surface area (TPSA) is 80.3 Å². The molecular formula is C40H46F2O7. The number of benzene rings is 3. The van der Waals surface area contributed by atoms with Crippen molar-refractivity contribution in [3.8, 4) is 28.0 Å². The molecule has 1 aliphatic rings. The number of carbonyl (C=O) groups excluding carboxylic acids is 2. The summed E-state index contributed by atoms with van der Waals surface area (Å²) in [6.45, 7) is 9.07. The van der Waals surface area contributed by atoms with Gasteiger partial charge in [0.15, 0.2) is 6.29 Å². The molecule has 0 unspecified atom stereocenters. The lowest BCUT2D eigenvalue weighted by molar-refractivity contribution is -0.207. The number of esters is 2. The summed E-state index contributed by atoms with van der Waals surface area (Å²) in [5, 5.41) is 0. The van der Waals surface area contributed by atoms with E-state index in [1.807, 2.05) is 30.3 Å². The lowest BCUT2D eigenvalue weighted by atomic mass is 9.98. The molecule has 0 N–H and O–H groups in total. The fraction of sp³-hybridized carbons (Fsp3) is 0.400. The van der Waals surface area contributed by atoms with Gasteiger partial charge in [-0.15, -0.1) is 0 Å². The van der Waals surface area contributed by atoms with E-state index in [1.54, 1.807) is 18.2 Å². The molecule has 0 bridgehead atoms. The number of halogens is 2. The zero-order valence-electron chi connectivity index (χ0n) is 28.0. The summed E-state index contributed by atoms with van der Waals surface area (Å²) in [4.78, 5) is 22.1. The van der Waals surface area contributed by atoms with Crippen molar-refractivity contribution in [1.82, 2.24) is 0 Å². The maximum absolute atomic E-state index is 15.3. The second-order valence-electron chi connectivity index (χ2n) is 12.0. The van der Waals surface area contributed by atoms with Gasteiger partial charge in [-0.3, -0.25) is 0 Å². The summed E-state index contributed by atoms with van der Waals surface area (Å²) < 4.78 is 58.0. The van der Waals surface area contributed by atoms with E-state index in [-0.39, 0.29) is 5.92 Å². The smallest absolute Gasteiger partial charge is 0.330 e. The maximum Gasteiger partial charge on any atom is 0.330 e. The molecule has 0 aromatic heterocycles. The van der Waals surface area contributed by atoms with Crippen LogP contribution in [-0.2, 0) is 28.5 Å². The first-order chi connectivity index (χ1) is 23.9. The highest BCUT2D eigenvalue weighted by molar-refractivity contribution is 5.81. The quantitative estimate of drug-likeness (QED) is 0.0670. The van der Waals surface area contributed by atoms with Crippen LogP contribution in [0.2, 0.25) is 0 Å². The van der Waals surface area contributed by atoms with Crippen molar-refractivity contribution < 1.29 is 42.1 Å². The number of ether oxygens (including phenoxy) is 5. The summed E-state index contributed by atoms with van der Waals surface area (Å²) >= 11 is 0. The molecule has 3 aromatic carbocycles. The predicted molar refractivity (Wildman–Crippen MR) is 185 cm³/mol. The third-order valence-electron chi connectivity index (χ3n) is 8.32. The van der Waals surface area contributed by atoms with Gasteiger partial charge >= 0.3 is 11.9 Å². The van der Waals surface area contributed by atoms with Crippen LogP contribution < -0.4 is 4.74 Å². The molecule has 3 aromatic rings. The summed E-state index contributed by atoms with van der Waals surface area (Å²) in [5.74, 6) is -0.785. The Balaban J connectivity index is 1.19. The highest BCUT2D eigenvalue weighted by atomic mass is 19.1. The molecule has 0 spiro atoms. The Labute approximate surface area is 287 Å². The normalized spacial score (nSPS) is 15.7. The first-order valence-corrected chi connectivity index (χ1v) is 17.0. The van der Waals surface area contributed by atoms with Crippen LogP contribution in [0.1, 0.15) is 69.6 Å². The van der Waals surface area contributed by atoms with Gasteiger partial charge in [0.2, 0.25) is 0 Å². The third-order valence-corrected chi connectivity index (χ3v) is 8.32. The molecule has 1 heterocycles. The van der Waals surface area contributed by atoms with Gasteiger partial charge in [0.05, 0.1) is 33.0 Å². The molecule has 1 fully saturated rings. The zero-order valence-corrected chi connectivity index (χ0v) is 28.0. The largest absolute Gasteiger partial charge is 0.494 e. The second-order valence-corrected chi connectivity index (χ2v) is 12.0. The van der Waals surface area contributed by atoms with E-state index < -0.39 is 29.9 Å². The van der Waals surface area contributed by atoms with E-state index in [1.165, 1.54) is 12.1 Å². The van der Waals surface area contributed by atoms with Crippen LogP contribution in [0.4, 0.5) is 8.78 Å². The highest BCUT2D eigenvalue weighted by Gasteiger charge is 2.26. The molecule has 7 nitrogen and oxygen atoms in total. The van der Waals surface area contributed by atoms with Crippen LogP contribution in [0.5, 0.6) is 5.75 Å². The summed E-state index contributed by atoms with van der Waals surface area (Å²) in [5.41, 5.74) is 2.57. The Bertz CT molecular complexity index is 1510. The summed E-state index contributed by atoms with van der Waals surface area (Å²) in [7, 11) is 0. The average Bonchev–Trinajstić information content (AvgIpc) is 3.12. The number of rotatable bonds is 20. The number of unbranched alkanes of at least 4 members (excludes halogenated alkanes) is 6. The SMILES string of the molecule is C=CC(=O)OCCCCCCOc1ccc(-c2ccc(-c3ccc(C4OCC(CCCCCCOC(=O)C=C)CO4)c(F)c3)c(F)c2)cc1. The molecule has 4 rings (SSSR count). The Morgan fingerprint density at radius 2 is 1.22 bits per heavy atom. The van der Waals surface area contributed by atoms with Crippen molar-refractivity contribution in [2.75, 3.05) is 33.0 Å². The van der Waals surface area contributed by atoms with Crippen LogP contribution in [0.25, 0.3) is 22.3 Å². The molecule has 1 saturated heterocycles. The molecule has 0 atom stereocenters. The lowest BCUT2D eigenvalue weighted by Crippen LogP contribution is -2.27. The van der Waals surface area contributed by atoms with Crippen LogP contribution in [0, 0.1) is 17.6 Å². The van der Waals surface area contributed by atoms with Crippen LogP contribution >= 0.6 is 0 Å². The monoisotopic (exact) mass is 676 g/mol.